The van der Waals surface area contributed by atoms with Gasteiger partial charge < -0.3 is 9.67 Å². The summed E-state index contributed by atoms with van der Waals surface area (Å²) in [5.74, 6) is 0.140. The molecule has 0 saturated carbocycles. The summed E-state index contributed by atoms with van der Waals surface area (Å²) >= 11 is 0. The number of aliphatic hydroxyl groups excluding tert-OH is 1. The first-order valence-corrected chi connectivity index (χ1v) is 7.65. The zero-order valence-electron chi connectivity index (χ0n) is 12.0. The van der Waals surface area contributed by atoms with Gasteiger partial charge in [-0.15, -0.1) is 0 Å². The molecule has 3 aromatic rings. The number of imidazole rings is 1. The van der Waals surface area contributed by atoms with Crippen molar-refractivity contribution in [2.75, 3.05) is 0 Å². The molecule has 5 nitrogen and oxygen atoms in total. The lowest BCUT2D eigenvalue weighted by Gasteiger charge is -2.34. The summed E-state index contributed by atoms with van der Waals surface area (Å²) in [6.45, 7) is 0.854. The van der Waals surface area contributed by atoms with Crippen molar-refractivity contribution in [2.45, 2.75) is 25.1 Å². The van der Waals surface area contributed by atoms with E-state index >= 15 is 0 Å². The summed E-state index contributed by atoms with van der Waals surface area (Å²) < 4.78 is 4.13. The highest BCUT2D eigenvalue weighted by molar-refractivity contribution is 5.69. The Bertz CT molecular complexity index is 850. The van der Waals surface area contributed by atoms with Crippen molar-refractivity contribution in [3.8, 4) is 11.3 Å². The molecule has 0 saturated heterocycles. The highest BCUT2D eigenvalue weighted by Gasteiger charge is 2.40. The molecular weight excluding hydrogens is 276 g/mol. The summed E-state index contributed by atoms with van der Waals surface area (Å²) in [6, 6.07) is 10.5. The molecule has 4 heterocycles. The van der Waals surface area contributed by atoms with Gasteiger partial charge in [-0.2, -0.15) is 5.10 Å². The Balaban J connectivity index is 1.65. The maximum absolute atomic E-state index is 10.9. The monoisotopic (exact) mass is 292 g/mol. The van der Waals surface area contributed by atoms with Crippen molar-refractivity contribution < 1.29 is 5.11 Å². The first kappa shape index (κ1) is 12.2. The summed E-state index contributed by atoms with van der Waals surface area (Å²) in [4.78, 5) is 4.31. The van der Waals surface area contributed by atoms with Gasteiger partial charge in [-0.05, 0) is 18.1 Å². The second-order valence-corrected chi connectivity index (χ2v) is 6.09. The van der Waals surface area contributed by atoms with Crippen LogP contribution < -0.4 is 0 Å². The van der Waals surface area contributed by atoms with Crippen LogP contribution in [-0.2, 0) is 6.54 Å². The summed E-state index contributed by atoms with van der Waals surface area (Å²) in [5.41, 5.74) is 4.59. The molecule has 1 aromatic carbocycles. The van der Waals surface area contributed by atoms with Gasteiger partial charge in [0.25, 0.3) is 0 Å². The number of aromatic nitrogens is 4. The molecule has 0 amide bonds. The van der Waals surface area contributed by atoms with Crippen LogP contribution in [-0.4, -0.2) is 24.4 Å². The van der Waals surface area contributed by atoms with E-state index in [0.29, 0.717) is 0 Å². The average Bonchev–Trinajstić information content (AvgIpc) is 3.23. The van der Waals surface area contributed by atoms with Gasteiger partial charge in [0.1, 0.15) is 6.10 Å². The highest BCUT2D eigenvalue weighted by atomic mass is 16.3. The van der Waals surface area contributed by atoms with E-state index in [4.69, 9.17) is 0 Å². The second-order valence-electron chi connectivity index (χ2n) is 6.09. The minimum Gasteiger partial charge on any atom is -0.386 e. The Morgan fingerprint density at radius 3 is 3.05 bits per heavy atom. The van der Waals surface area contributed by atoms with E-state index in [0.717, 1.165) is 24.4 Å². The van der Waals surface area contributed by atoms with Crippen molar-refractivity contribution in [2.24, 2.45) is 5.92 Å². The molecule has 0 radical (unpaired) electrons. The van der Waals surface area contributed by atoms with Crippen molar-refractivity contribution in [3.63, 3.8) is 0 Å². The molecule has 5 rings (SSSR count). The highest BCUT2D eigenvalue weighted by Crippen LogP contribution is 2.48. The van der Waals surface area contributed by atoms with Gasteiger partial charge in [-0.1, -0.05) is 24.3 Å². The second kappa shape index (κ2) is 4.30. The normalized spacial score (nSPS) is 25.6. The number of hydrogen-bond donors (Lipinski definition) is 1. The predicted molar refractivity (Wildman–Crippen MR) is 81.1 cm³/mol. The topological polar surface area (TPSA) is 55.9 Å². The maximum Gasteiger partial charge on any atom is 0.101 e. The van der Waals surface area contributed by atoms with Gasteiger partial charge in [0.15, 0.2) is 0 Å². The van der Waals surface area contributed by atoms with E-state index in [1.807, 2.05) is 23.3 Å². The van der Waals surface area contributed by atoms with Crippen LogP contribution >= 0.6 is 0 Å². The predicted octanol–water partition coefficient (Wildman–Crippen LogP) is 2.40. The molecule has 3 atom stereocenters. The van der Waals surface area contributed by atoms with Crippen LogP contribution in [0.4, 0.5) is 0 Å². The van der Waals surface area contributed by atoms with E-state index in [1.165, 1.54) is 11.1 Å². The fourth-order valence-corrected chi connectivity index (χ4v) is 4.07. The van der Waals surface area contributed by atoms with Gasteiger partial charge in [0.05, 0.1) is 30.0 Å². The smallest absolute Gasteiger partial charge is 0.101 e. The largest absolute Gasteiger partial charge is 0.386 e. The molecule has 2 aromatic heterocycles. The number of fused-ring (bicyclic) bond motifs is 4. The van der Waals surface area contributed by atoms with Gasteiger partial charge in [0.2, 0.25) is 0 Å². The number of rotatable bonds is 1. The third-order valence-electron chi connectivity index (χ3n) is 5.06. The fourth-order valence-electron chi connectivity index (χ4n) is 4.07. The zero-order valence-corrected chi connectivity index (χ0v) is 12.0. The molecule has 2 aliphatic rings. The zero-order chi connectivity index (χ0) is 14.7. The molecular formula is C17H16N4O. The van der Waals surface area contributed by atoms with Crippen LogP contribution in [0.2, 0.25) is 0 Å². The standard InChI is InChI=1S/C17H16N4O/c22-17-13(6-8-21-14(17)5-7-19-21)16-12-4-2-1-3-11(12)15-9-18-10-20(15)16/h1-5,7,9-10,13,16-17,22H,6,8H2/t13-,16+,17+/m1/s1. The van der Waals surface area contributed by atoms with Gasteiger partial charge in [-0.3, -0.25) is 4.68 Å². The molecule has 22 heavy (non-hydrogen) atoms. The molecule has 0 unspecified atom stereocenters. The van der Waals surface area contributed by atoms with Gasteiger partial charge in [0, 0.05) is 24.2 Å². The van der Waals surface area contributed by atoms with Crippen LogP contribution in [0.3, 0.4) is 0 Å². The van der Waals surface area contributed by atoms with Crippen LogP contribution in [0.1, 0.15) is 29.8 Å². The molecule has 2 aliphatic heterocycles. The molecule has 0 spiro atoms. The number of aliphatic hydroxyl groups is 1. The average molecular weight is 292 g/mol. The molecule has 110 valence electrons. The van der Waals surface area contributed by atoms with E-state index in [2.05, 4.69) is 38.9 Å². The molecule has 0 fully saturated rings. The van der Waals surface area contributed by atoms with Crippen LogP contribution in [0.5, 0.6) is 0 Å². The van der Waals surface area contributed by atoms with Crippen molar-refractivity contribution in [1.29, 1.82) is 0 Å². The number of nitrogens with zero attached hydrogens (tertiary/aromatic N) is 4. The first-order valence-electron chi connectivity index (χ1n) is 7.65. The van der Waals surface area contributed by atoms with Crippen LogP contribution in [0.25, 0.3) is 11.3 Å². The van der Waals surface area contributed by atoms with Crippen LogP contribution in [0, 0.1) is 5.92 Å². The maximum atomic E-state index is 10.9. The quantitative estimate of drug-likeness (QED) is 0.749. The number of benzene rings is 1. The van der Waals surface area contributed by atoms with E-state index in [1.54, 1.807) is 6.20 Å². The molecule has 0 aliphatic carbocycles. The summed E-state index contributed by atoms with van der Waals surface area (Å²) in [7, 11) is 0. The number of hydrogen-bond acceptors (Lipinski definition) is 3. The van der Waals surface area contributed by atoms with Crippen molar-refractivity contribution in [3.05, 3.63) is 60.3 Å². The Morgan fingerprint density at radius 1 is 1.18 bits per heavy atom. The first-order chi connectivity index (χ1) is 10.8. The lowest BCUT2D eigenvalue weighted by molar-refractivity contribution is 0.0525. The van der Waals surface area contributed by atoms with Crippen molar-refractivity contribution >= 4 is 0 Å². The Labute approximate surface area is 127 Å². The minimum absolute atomic E-state index is 0.140. The van der Waals surface area contributed by atoms with Crippen LogP contribution in [0.15, 0.2) is 49.1 Å². The third kappa shape index (κ3) is 1.46. The lowest BCUT2D eigenvalue weighted by atomic mass is 9.83. The Morgan fingerprint density at radius 2 is 2.09 bits per heavy atom. The van der Waals surface area contributed by atoms with E-state index in [-0.39, 0.29) is 12.0 Å². The Kier molecular flexibility index (Phi) is 2.38. The molecule has 0 bridgehead atoms. The number of aryl methyl sites for hydroxylation is 1. The van der Waals surface area contributed by atoms with Crippen molar-refractivity contribution in [1.82, 2.24) is 19.3 Å². The minimum atomic E-state index is -0.498. The summed E-state index contributed by atoms with van der Waals surface area (Å²) in [6.07, 6.45) is 5.98. The molecule has 5 heteroatoms. The fraction of sp³-hybridized carbons (Fsp3) is 0.294. The molecule has 1 N–H and O–H groups in total. The van der Waals surface area contributed by atoms with E-state index in [9.17, 15) is 5.11 Å². The summed E-state index contributed by atoms with van der Waals surface area (Å²) in [5, 5.41) is 15.1. The van der Waals surface area contributed by atoms with Gasteiger partial charge in [-0.25, -0.2) is 4.98 Å². The Hall–Kier alpha value is -2.40. The SMILES string of the molecule is O[C@@H]1c2ccnn2CC[C@@H]1[C@@H]1c2ccccc2-c2cncn21. The van der Waals surface area contributed by atoms with Gasteiger partial charge >= 0.3 is 0 Å². The third-order valence-corrected chi connectivity index (χ3v) is 5.06. The van der Waals surface area contributed by atoms with E-state index < -0.39 is 6.10 Å². The lowest BCUT2D eigenvalue weighted by Crippen LogP contribution is -2.31.